The molecule has 1 heterocycles. The largest absolute Gasteiger partial charge is 0.321 e. The molecular formula is C14H10Cl2N2O2S. The third kappa shape index (κ3) is 3.11. The first-order chi connectivity index (χ1) is 9.94. The quantitative estimate of drug-likeness (QED) is 0.910. The normalized spacial score (nSPS) is 20.3. The number of hydrogen-bond acceptors (Lipinski definition) is 2. The molecule has 0 amide bonds. The van der Waals surface area contributed by atoms with Crippen LogP contribution in [0.2, 0.25) is 10.0 Å². The first kappa shape index (κ1) is 14.5. The van der Waals surface area contributed by atoms with Gasteiger partial charge in [-0.15, -0.1) is 0 Å². The van der Waals surface area contributed by atoms with E-state index in [-0.39, 0.29) is 0 Å². The Labute approximate surface area is 132 Å². The number of benzene rings is 2. The van der Waals surface area contributed by atoms with E-state index in [1.165, 1.54) is 0 Å². The van der Waals surface area contributed by atoms with E-state index >= 15 is 0 Å². The van der Waals surface area contributed by atoms with Crippen LogP contribution in [0.15, 0.2) is 52.9 Å². The molecule has 0 radical (unpaired) electrons. The van der Waals surface area contributed by atoms with Gasteiger partial charge in [0.05, 0.1) is 11.8 Å². The zero-order valence-electron chi connectivity index (χ0n) is 10.6. The van der Waals surface area contributed by atoms with Gasteiger partial charge in [0, 0.05) is 10.0 Å². The molecule has 0 fully saturated rings. The highest BCUT2D eigenvalue weighted by Gasteiger charge is 2.32. The summed E-state index contributed by atoms with van der Waals surface area (Å²) in [5, 5.41) is 1.17. The monoisotopic (exact) mass is 340 g/mol. The molecule has 0 saturated carbocycles. The maximum absolute atomic E-state index is 11.8. The van der Waals surface area contributed by atoms with Crippen molar-refractivity contribution in [1.82, 2.24) is 4.72 Å². The molecule has 4 nitrogen and oxygen atoms in total. The maximum Gasteiger partial charge on any atom is 0.321 e. The number of rotatable bonds is 2. The number of halogens is 2. The first-order valence-corrected chi connectivity index (χ1v) is 8.28. The van der Waals surface area contributed by atoms with E-state index in [0.717, 1.165) is 5.56 Å². The van der Waals surface area contributed by atoms with Gasteiger partial charge in [0.2, 0.25) is 0 Å². The number of nitrogens with one attached hydrogen (secondary N) is 1. The molecule has 1 atom stereocenters. The fraction of sp³-hybridized carbons (Fsp3) is 0.0714. The van der Waals surface area contributed by atoms with Crippen LogP contribution < -0.4 is 4.72 Å². The van der Waals surface area contributed by atoms with Crippen molar-refractivity contribution in [2.45, 2.75) is 6.04 Å². The Bertz CT molecular complexity index is 800. The fourth-order valence-corrected chi connectivity index (χ4v) is 3.45. The van der Waals surface area contributed by atoms with Gasteiger partial charge in [-0.05, 0) is 35.4 Å². The highest BCUT2D eigenvalue weighted by Crippen LogP contribution is 2.27. The molecule has 0 spiro atoms. The van der Waals surface area contributed by atoms with Crippen LogP contribution in [-0.4, -0.2) is 14.1 Å². The van der Waals surface area contributed by atoms with Gasteiger partial charge in [-0.3, -0.25) is 0 Å². The molecule has 21 heavy (non-hydrogen) atoms. The van der Waals surface area contributed by atoms with E-state index in [1.54, 1.807) is 48.5 Å². The number of nitrogens with zero attached hydrogens (tertiary/aromatic N) is 1. The second kappa shape index (κ2) is 5.42. The zero-order chi connectivity index (χ0) is 15.0. The lowest BCUT2D eigenvalue weighted by Gasteiger charge is -2.13. The van der Waals surface area contributed by atoms with Gasteiger partial charge in [0.15, 0.2) is 0 Å². The summed E-state index contributed by atoms with van der Waals surface area (Å²) in [5.41, 5.74) is 1.91. The lowest BCUT2D eigenvalue weighted by Crippen LogP contribution is -2.24. The second-order valence-corrected chi connectivity index (χ2v) is 6.80. The Morgan fingerprint density at radius 3 is 2.00 bits per heavy atom. The SMILES string of the molecule is O=S1(=O)N=C(c2ccc(Cl)cc2)C(c2ccc(Cl)cc2)N1. The predicted octanol–water partition coefficient (Wildman–Crippen LogP) is 3.37. The van der Waals surface area contributed by atoms with Gasteiger partial charge < -0.3 is 0 Å². The molecule has 108 valence electrons. The van der Waals surface area contributed by atoms with E-state index in [4.69, 9.17) is 23.2 Å². The van der Waals surface area contributed by atoms with Crippen LogP contribution in [0.25, 0.3) is 0 Å². The lowest BCUT2D eigenvalue weighted by molar-refractivity contribution is 0.585. The van der Waals surface area contributed by atoms with Gasteiger partial charge in [-0.1, -0.05) is 47.5 Å². The molecule has 2 aromatic rings. The minimum Gasteiger partial charge on any atom is -0.187 e. The van der Waals surface area contributed by atoms with Crippen LogP contribution in [0.1, 0.15) is 17.2 Å². The fourth-order valence-electron chi connectivity index (χ4n) is 2.13. The molecule has 0 aliphatic carbocycles. The second-order valence-electron chi connectivity index (χ2n) is 4.56. The van der Waals surface area contributed by atoms with Gasteiger partial charge in [0.25, 0.3) is 0 Å². The summed E-state index contributed by atoms with van der Waals surface area (Å²) < 4.78 is 29.9. The summed E-state index contributed by atoms with van der Waals surface area (Å²) in [7, 11) is -3.69. The maximum atomic E-state index is 11.8. The Balaban J connectivity index is 2.06. The highest BCUT2D eigenvalue weighted by molar-refractivity contribution is 7.88. The van der Waals surface area contributed by atoms with Crippen LogP contribution in [0.4, 0.5) is 0 Å². The van der Waals surface area contributed by atoms with Crippen LogP contribution in [0, 0.1) is 0 Å². The minimum absolute atomic E-state index is 0.439. The van der Waals surface area contributed by atoms with Crippen molar-refractivity contribution in [2.24, 2.45) is 4.40 Å². The van der Waals surface area contributed by atoms with Crippen molar-refractivity contribution in [3.63, 3.8) is 0 Å². The summed E-state index contributed by atoms with van der Waals surface area (Å²) in [6.45, 7) is 0. The predicted molar refractivity (Wildman–Crippen MR) is 84.2 cm³/mol. The van der Waals surface area contributed by atoms with Crippen molar-refractivity contribution in [3.8, 4) is 0 Å². The van der Waals surface area contributed by atoms with Crippen molar-refractivity contribution in [1.29, 1.82) is 0 Å². The molecule has 0 bridgehead atoms. The van der Waals surface area contributed by atoms with Crippen LogP contribution in [0.3, 0.4) is 0 Å². The van der Waals surface area contributed by atoms with Gasteiger partial charge in [0.1, 0.15) is 0 Å². The average molecular weight is 341 g/mol. The summed E-state index contributed by atoms with van der Waals surface area (Å²) in [6, 6.07) is 13.3. The summed E-state index contributed by atoms with van der Waals surface area (Å²) in [6.07, 6.45) is 0. The smallest absolute Gasteiger partial charge is 0.187 e. The third-order valence-electron chi connectivity index (χ3n) is 3.10. The molecule has 1 aliphatic heterocycles. The Morgan fingerprint density at radius 1 is 0.905 bits per heavy atom. The molecule has 0 saturated heterocycles. The molecule has 1 aliphatic rings. The third-order valence-corrected chi connectivity index (χ3v) is 4.58. The number of hydrogen-bond donors (Lipinski definition) is 1. The van der Waals surface area contributed by atoms with E-state index < -0.39 is 16.3 Å². The minimum atomic E-state index is -3.69. The highest BCUT2D eigenvalue weighted by atomic mass is 35.5. The van der Waals surface area contributed by atoms with Gasteiger partial charge in [-0.25, -0.2) is 0 Å². The van der Waals surface area contributed by atoms with Crippen LogP contribution in [0.5, 0.6) is 0 Å². The van der Waals surface area contributed by atoms with Crippen molar-refractivity contribution in [2.75, 3.05) is 0 Å². The summed E-state index contributed by atoms with van der Waals surface area (Å²) >= 11 is 11.7. The Hall–Kier alpha value is -1.40. The molecule has 1 N–H and O–H groups in total. The first-order valence-electron chi connectivity index (χ1n) is 6.08. The van der Waals surface area contributed by atoms with E-state index in [1.807, 2.05) is 0 Å². The summed E-state index contributed by atoms with van der Waals surface area (Å²) in [4.78, 5) is 0. The molecule has 2 aromatic carbocycles. The van der Waals surface area contributed by atoms with Crippen LogP contribution >= 0.6 is 23.2 Å². The average Bonchev–Trinajstić information content (AvgIpc) is 2.76. The topological polar surface area (TPSA) is 58.5 Å². The van der Waals surface area contributed by atoms with Crippen molar-refractivity contribution < 1.29 is 8.42 Å². The van der Waals surface area contributed by atoms with E-state index in [9.17, 15) is 8.42 Å². The standard InChI is InChI=1S/C14H10Cl2N2O2S/c15-11-5-1-9(2-6-11)13-14(18-21(19,20)17-13)10-3-7-12(16)8-4-10/h1-8,13,17H. The zero-order valence-corrected chi connectivity index (χ0v) is 13.0. The van der Waals surface area contributed by atoms with E-state index in [2.05, 4.69) is 9.12 Å². The van der Waals surface area contributed by atoms with Crippen molar-refractivity contribution >= 4 is 39.1 Å². The Morgan fingerprint density at radius 2 is 1.43 bits per heavy atom. The summed E-state index contributed by atoms with van der Waals surface area (Å²) in [5.74, 6) is 0. The van der Waals surface area contributed by atoms with Crippen molar-refractivity contribution in [3.05, 3.63) is 69.7 Å². The Kier molecular flexibility index (Phi) is 3.75. The van der Waals surface area contributed by atoms with Gasteiger partial charge in [-0.2, -0.15) is 17.5 Å². The molecular weight excluding hydrogens is 331 g/mol. The molecule has 7 heteroatoms. The molecule has 1 unspecified atom stereocenters. The van der Waals surface area contributed by atoms with Gasteiger partial charge >= 0.3 is 10.2 Å². The van der Waals surface area contributed by atoms with Crippen LogP contribution in [-0.2, 0) is 10.2 Å². The molecule has 0 aromatic heterocycles. The molecule has 3 rings (SSSR count). The van der Waals surface area contributed by atoms with E-state index in [0.29, 0.717) is 21.3 Å². The lowest BCUT2D eigenvalue weighted by atomic mass is 9.97.